The normalized spacial score (nSPS) is 18.2. The van der Waals surface area contributed by atoms with Gasteiger partial charge >= 0.3 is 0 Å². The number of piperidine rings is 1. The van der Waals surface area contributed by atoms with Crippen molar-refractivity contribution in [3.05, 3.63) is 30.1 Å². The van der Waals surface area contributed by atoms with Gasteiger partial charge in [0.2, 0.25) is 11.8 Å². The Kier molecular flexibility index (Phi) is 6.32. The van der Waals surface area contributed by atoms with E-state index in [9.17, 15) is 18.8 Å². The van der Waals surface area contributed by atoms with Crippen LogP contribution in [-0.2, 0) is 14.4 Å². The summed E-state index contributed by atoms with van der Waals surface area (Å²) in [6.07, 6.45) is 0.536. The maximum atomic E-state index is 12.8. The Morgan fingerprint density at radius 2 is 1.92 bits per heavy atom. The smallest absolute Gasteiger partial charge is 0.279 e. The maximum Gasteiger partial charge on any atom is 0.279 e. The van der Waals surface area contributed by atoms with Gasteiger partial charge in [-0.1, -0.05) is 0 Å². The van der Waals surface area contributed by atoms with Crippen LogP contribution in [0.15, 0.2) is 24.3 Å². The molecule has 2 atom stereocenters. The molecular formula is C17H22FN3O4. The minimum absolute atomic E-state index is 0.0668. The zero-order valence-corrected chi connectivity index (χ0v) is 14.3. The number of carbonyl (C=O) groups excluding carboxylic acids is 3. The van der Waals surface area contributed by atoms with E-state index in [1.54, 1.807) is 4.90 Å². The average Bonchev–Trinajstić information content (AvgIpc) is 2.61. The number of hydrogen-bond donors (Lipinski definition) is 2. The highest BCUT2D eigenvalue weighted by molar-refractivity contribution is 5.86. The predicted molar refractivity (Wildman–Crippen MR) is 87.8 cm³/mol. The van der Waals surface area contributed by atoms with E-state index in [1.807, 2.05) is 0 Å². The van der Waals surface area contributed by atoms with E-state index >= 15 is 0 Å². The SMILES string of the molecule is CC(=O)N1CCC[C@H](C(=O)NNC(=O)[C@@H](C)Oc2ccc(F)cc2)C1. The number of rotatable bonds is 4. The molecule has 1 aromatic rings. The predicted octanol–water partition coefficient (Wildman–Crippen LogP) is 0.999. The van der Waals surface area contributed by atoms with Crippen LogP contribution in [0.2, 0.25) is 0 Å². The van der Waals surface area contributed by atoms with E-state index < -0.39 is 17.8 Å². The first-order chi connectivity index (χ1) is 11.9. The van der Waals surface area contributed by atoms with Crippen molar-refractivity contribution in [3.8, 4) is 5.75 Å². The Balaban J connectivity index is 1.79. The third kappa shape index (κ3) is 5.44. The molecule has 1 fully saturated rings. The lowest BCUT2D eigenvalue weighted by molar-refractivity contribution is -0.137. The van der Waals surface area contributed by atoms with Crippen molar-refractivity contribution in [3.63, 3.8) is 0 Å². The van der Waals surface area contributed by atoms with Gasteiger partial charge in [-0.3, -0.25) is 25.2 Å². The van der Waals surface area contributed by atoms with Crippen molar-refractivity contribution in [2.75, 3.05) is 13.1 Å². The molecule has 2 N–H and O–H groups in total. The number of carbonyl (C=O) groups is 3. The fraction of sp³-hybridized carbons (Fsp3) is 0.471. The second kappa shape index (κ2) is 8.46. The molecule has 1 saturated heterocycles. The largest absolute Gasteiger partial charge is 0.481 e. The third-order valence-corrected chi connectivity index (χ3v) is 4.04. The van der Waals surface area contributed by atoms with Crippen LogP contribution in [0.4, 0.5) is 4.39 Å². The second-order valence-corrected chi connectivity index (χ2v) is 6.00. The van der Waals surface area contributed by atoms with E-state index in [-0.39, 0.29) is 17.7 Å². The Hall–Kier alpha value is -2.64. The van der Waals surface area contributed by atoms with Crippen LogP contribution >= 0.6 is 0 Å². The number of hydrazine groups is 1. The zero-order valence-electron chi connectivity index (χ0n) is 14.3. The molecule has 8 heteroatoms. The molecule has 0 spiro atoms. The van der Waals surface area contributed by atoms with Crippen molar-refractivity contribution in [2.24, 2.45) is 5.92 Å². The van der Waals surface area contributed by atoms with E-state index in [2.05, 4.69) is 10.9 Å². The van der Waals surface area contributed by atoms with Gasteiger partial charge in [0.05, 0.1) is 5.92 Å². The third-order valence-electron chi connectivity index (χ3n) is 4.04. The molecule has 0 saturated carbocycles. The molecule has 0 aromatic heterocycles. The van der Waals surface area contributed by atoms with Crippen LogP contribution in [0.1, 0.15) is 26.7 Å². The molecule has 0 bridgehead atoms. The fourth-order valence-electron chi connectivity index (χ4n) is 2.57. The second-order valence-electron chi connectivity index (χ2n) is 6.00. The molecule has 136 valence electrons. The van der Waals surface area contributed by atoms with Crippen LogP contribution < -0.4 is 15.6 Å². The minimum atomic E-state index is -0.870. The lowest BCUT2D eigenvalue weighted by Crippen LogP contribution is -2.52. The summed E-state index contributed by atoms with van der Waals surface area (Å²) >= 11 is 0. The highest BCUT2D eigenvalue weighted by atomic mass is 19.1. The fourth-order valence-corrected chi connectivity index (χ4v) is 2.57. The molecule has 7 nitrogen and oxygen atoms in total. The Labute approximate surface area is 145 Å². The van der Waals surface area contributed by atoms with E-state index in [1.165, 1.54) is 38.1 Å². The van der Waals surface area contributed by atoms with E-state index in [0.29, 0.717) is 25.3 Å². The lowest BCUT2D eigenvalue weighted by atomic mass is 9.97. The van der Waals surface area contributed by atoms with Crippen molar-refractivity contribution < 1.29 is 23.5 Å². The quantitative estimate of drug-likeness (QED) is 0.792. The summed E-state index contributed by atoms with van der Waals surface area (Å²) in [4.78, 5) is 37.1. The van der Waals surface area contributed by atoms with Gasteiger partial charge in [0.15, 0.2) is 6.10 Å². The number of likely N-dealkylation sites (tertiary alicyclic amines) is 1. The first kappa shape index (κ1) is 18.7. The maximum absolute atomic E-state index is 12.8. The minimum Gasteiger partial charge on any atom is -0.481 e. The molecule has 2 rings (SSSR count). The van der Waals surface area contributed by atoms with Gasteiger partial charge in [0.1, 0.15) is 11.6 Å². The van der Waals surface area contributed by atoms with Gasteiger partial charge in [0.25, 0.3) is 5.91 Å². The first-order valence-electron chi connectivity index (χ1n) is 8.14. The average molecular weight is 351 g/mol. The molecule has 1 heterocycles. The summed E-state index contributed by atoms with van der Waals surface area (Å²) in [5, 5.41) is 0. The van der Waals surface area contributed by atoms with Crippen LogP contribution in [0, 0.1) is 11.7 Å². The van der Waals surface area contributed by atoms with Crippen molar-refractivity contribution in [1.82, 2.24) is 15.8 Å². The van der Waals surface area contributed by atoms with Crippen molar-refractivity contribution in [1.29, 1.82) is 0 Å². The molecule has 1 aliphatic rings. The molecular weight excluding hydrogens is 329 g/mol. The number of halogens is 1. The highest BCUT2D eigenvalue weighted by Gasteiger charge is 2.27. The van der Waals surface area contributed by atoms with Gasteiger partial charge in [-0.25, -0.2) is 4.39 Å². The molecule has 25 heavy (non-hydrogen) atoms. The summed E-state index contributed by atoms with van der Waals surface area (Å²) in [6.45, 7) is 3.98. The Bertz CT molecular complexity index is 635. The molecule has 0 aliphatic carbocycles. The van der Waals surface area contributed by atoms with E-state index in [4.69, 9.17) is 4.74 Å². The topological polar surface area (TPSA) is 87.7 Å². The van der Waals surface area contributed by atoms with Gasteiger partial charge in [-0.2, -0.15) is 0 Å². The monoisotopic (exact) mass is 351 g/mol. The zero-order chi connectivity index (χ0) is 18.4. The first-order valence-corrected chi connectivity index (χ1v) is 8.14. The molecule has 1 aromatic carbocycles. The standard InChI is InChI=1S/C17H22FN3O4/c1-11(25-15-7-5-14(18)6-8-15)16(23)19-20-17(24)13-4-3-9-21(10-13)12(2)22/h5-8,11,13H,3-4,9-10H2,1-2H3,(H,19,23)(H,20,24)/t11-,13+/m1/s1. The summed E-state index contributed by atoms with van der Waals surface area (Å²) in [7, 11) is 0. The van der Waals surface area contributed by atoms with Gasteiger partial charge in [0, 0.05) is 20.0 Å². The van der Waals surface area contributed by atoms with Crippen LogP contribution in [0.5, 0.6) is 5.75 Å². The van der Waals surface area contributed by atoms with Crippen LogP contribution in [0.25, 0.3) is 0 Å². The number of benzene rings is 1. The number of hydrogen-bond acceptors (Lipinski definition) is 4. The van der Waals surface area contributed by atoms with Crippen molar-refractivity contribution in [2.45, 2.75) is 32.8 Å². The molecule has 0 radical (unpaired) electrons. The van der Waals surface area contributed by atoms with Gasteiger partial charge in [-0.15, -0.1) is 0 Å². The summed E-state index contributed by atoms with van der Waals surface area (Å²) in [6, 6.07) is 5.28. The van der Waals surface area contributed by atoms with E-state index in [0.717, 1.165) is 6.42 Å². The summed E-state index contributed by atoms with van der Waals surface area (Å²) in [5.74, 6) is -1.34. The Morgan fingerprint density at radius 1 is 1.24 bits per heavy atom. The van der Waals surface area contributed by atoms with Crippen molar-refractivity contribution >= 4 is 17.7 Å². The molecule has 0 unspecified atom stereocenters. The van der Waals surface area contributed by atoms with Crippen LogP contribution in [0.3, 0.4) is 0 Å². The van der Waals surface area contributed by atoms with Gasteiger partial charge in [-0.05, 0) is 44.0 Å². The molecule has 1 aliphatic heterocycles. The lowest BCUT2D eigenvalue weighted by Gasteiger charge is -2.31. The Morgan fingerprint density at radius 3 is 2.56 bits per heavy atom. The summed E-state index contributed by atoms with van der Waals surface area (Å²) in [5.41, 5.74) is 4.69. The highest BCUT2D eigenvalue weighted by Crippen LogP contribution is 2.16. The number of nitrogens with one attached hydrogen (secondary N) is 2. The molecule has 3 amide bonds. The number of amides is 3. The van der Waals surface area contributed by atoms with Crippen LogP contribution in [-0.4, -0.2) is 41.8 Å². The number of ether oxygens (including phenoxy) is 1. The number of nitrogens with zero attached hydrogens (tertiary/aromatic N) is 1. The summed E-state index contributed by atoms with van der Waals surface area (Å²) < 4.78 is 18.2. The van der Waals surface area contributed by atoms with Gasteiger partial charge < -0.3 is 9.64 Å².